The smallest absolute Gasteiger partial charge is 0.294 e. The number of rotatable bonds is 11. The number of fused-ring (bicyclic) bond motifs is 2. The molecule has 0 radical (unpaired) electrons. The van der Waals surface area contributed by atoms with Crippen molar-refractivity contribution in [1.82, 2.24) is 0 Å². The van der Waals surface area contributed by atoms with E-state index < -0.39 is 31.1 Å². The van der Waals surface area contributed by atoms with Crippen LogP contribution in [0.2, 0.25) is 0 Å². The maximum atomic E-state index is 11.9. The lowest BCUT2D eigenvalue weighted by atomic mass is 9.81. The topological polar surface area (TPSA) is 132 Å². The van der Waals surface area contributed by atoms with Crippen molar-refractivity contribution in [3.8, 4) is 0 Å². The fraction of sp³-hybridized carbons (Fsp3) is 0.375. The molecule has 9 nitrogen and oxygen atoms in total. The van der Waals surface area contributed by atoms with Crippen LogP contribution in [0.3, 0.4) is 0 Å². The number of hydrogen-bond donors (Lipinski definition) is 2. The lowest BCUT2D eigenvalue weighted by Crippen LogP contribution is -2.27. The van der Waals surface area contributed by atoms with E-state index in [4.69, 9.17) is 0 Å². The van der Waals surface area contributed by atoms with Crippen LogP contribution in [0.1, 0.15) is 64.5 Å². The minimum atomic E-state index is -4.36. The molecule has 2 N–H and O–H groups in total. The Kier molecular flexibility index (Phi) is 9.04. The average molecular weight is 628 g/mol. The van der Waals surface area contributed by atoms with E-state index in [1.807, 2.05) is 69.7 Å². The molecule has 0 saturated heterocycles. The van der Waals surface area contributed by atoms with Gasteiger partial charge >= 0.3 is 0 Å². The van der Waals surface area contributed by atoms with Crippen LogP contribution in [0.25, 0.3) is 0 Å². The van der Waals surface area contributed by atoms with Crippen molar-refractivity contribution in [3.63, 3.8) is 0 Å². The number of nitrogens with zero attached hydrogens (tertiary/aromatic N) is 2. The molecule has 4 rings (SSSR count). The van der Waals surface area contributed by atoms with Crippen LogP contribution in [0.15, 0.2) is 82.3 Å². The van der Waals surface area contributed by atoms with Crippen LogP contribution in [0.5, 0.6) is 0 Å². The first kappa shape index (κ1) is 32.5. The van der Waals surface area contributed by atoms with E-state index in [2.05, 4.69) is 4.90 Å². The Hall–Kier alpha value is -3.38. The highest BCUT2D eigenvalue weighted by molar-refractivity contribution is 7.86. The van der Waals surface area contributed by atoms with E-state index in [-0.39, 0.29) is 9.79 Å². The first-order valence-electron chi connectivity index (χ1n) is 14.1. The highest BCUT2D eigenvalue weighted by Crippen LogP contribution is 2.48. The Morgan fingerprint density at radius 3 is 2.07 bits per heavy atom. The van der Waals surface area contributed by atoms with Gasteiger partial charge in [0, 0.05) is 47.5 Å². The van der Waals surface area contributed by atoms with E-state index >= 15 is 0 Å². The SMILES string of the molecule is C[N+]1=C(/C=C/C=C/C=C2/N(CCCCCC=O)c3ccc(S(=O)(=O)O)cc3C2(C)C)C(C)(C)c2cc(S(=O)(=O)O)ccc21. The van der Waals surface area contributed by atoms with E-state index in [9.17, 15) is 30.7 Å². The first-order chi connectivity index (χ1) is 20.0. The largest absolute Gasteiger partial charge is 0.344 e. The molecule has 0 spiro atoms. The summed E-state index contributed by atoms with van der Waals surface area (Å²) in [5.41, 5.74) is 4.24. The quantitative estimate of drug-likeness (QED) is 0.106. The van der Waals surface area contributed by atoms with Gasteiger partial charge in [-0.1, -0.05) is 38.5 Å². The maximum Gasteiger partial charge on any atom is 0.294 e. The van der Waals surface area contributed by atoms with Gasteiger partial charge in [-0.3, -0.25) is 9.11 Å². The van der Waals surface area contributed by atoms with Gasteiger partial charge in [-0.15, -0.1) is 0 Å². The number of carbonyl (C=O) groups is 1. The number of aldehydes is 1. The molecule has 0 unspecified atom stereocenters. The summed E-state index contributed by atoms with van der Waals surface area (Å²) in [6.45, 7) is 8.73. The lowest BCUT2D eigenvalue weighted by molar-refractivity contribution is -0.401. The van der Waals surface area contributed by atoms with Gasteiger partial charge in [0.05, 0.1) is 15.2 Å². The third-order valence-corrected chi connectivity index (χ3v) is 10.1. The molecule has 2 aliphatic heterocycles. The van der Waals surface area contributed by atoms with Crippen molar-refractivity contribution in [2.75, 3.05) is 18.5 Å². The molecule has 2 heterocycles. The monoisotopic (exact) mass is 627 g/mol. The van der Waals surface area contributed by atoms with Crippen molar-refractivity contribution >= 4 is 43.6 Å². The van der Waals surface area contributed by atoms with Gasteiger partial charge in [0.25, 0.3) is 20.2 Å². The highest BCUT2D eigenvalue weighted by Gasteiger charge is 2.43. The van der Waals surface area contributed by atoms with Crippen LogP contribution in [-0.4, -0.2) is 56.1 Å². The van der Waals surface area contributed by atoms with Crippen LogP contribution >= 0.6 is 0 Å². The molecule has 0 aromatic heterocycles. The molecular weight excluding hydrogens is 588 g/mol. The molecule has 0 fully saturated rings. The van der Waals surface area contributed by atoms with Crippen LogP contribution in [0, 0.1) is 0 Å². The second-order valence-corrected chi connectivity index (χ2v) is 14.8. The number of carbonyl (C=O) groups excluding carboxylic acids is 1. The Labute approximate surface area is 254 Å². The summed E-state index contributed by atoms with van der Waals surface area (Å²) in [7, 11) is -6.76. The number of benzene rings is 2. The zero-order valence-corrected chi connectivity index (χ0v) is 26.7. The minimum Gasteiger partial charge on any atom is -0.344 e. The molecular formula is C32H39N2O7S2+. The van der Waals surface area contributed by atoms with Gasteiger partial charge in [0.1, 0.15) is 13.3 Å². The molecule has 0 saturated carbocycles. The second kappa shape index (κ2) is 12.0. The first-order valence-corrected chi connectivity index (χ1v) is 17.0. The molecule has 11 heteroatoms. The van der Waals surface area contributed by atoms with Crippen molar-refractivity contribution in [3.05, 3.63) is 83.6 Å². The van der Waals surface area contributed by atoms with Gasteiger partial charge < -0.3 is 9.69 Å². The zero-order valence-electron chi connectivity index (χ0n) is 25.1. The Bertz CT molecular complexity index is 1780. The Morgan fingerprint density at radius 2 is 1.44 bits per heavy atom. The summed E-state index contributed by atoms with van der Waals surface area (Å²) < 4.78 is 68.3. The zero-order chi connectivity index (χ0) is 31.8. The molecule has 43 heavy (non-hydrogen) atoms. The highest BCUT2D eigenvalue weighted by atomic mass is 32.2. The lowest BCUT2D eigenvalue weighted by Gasteiger charge is -2.27. The maximum absolute atomic E-state index is 11.9. The van der Waals surface area contributed by atoms with E-state index in [0.717, 1.165) is 59.5 Å². The molecule has 0 atom stereocenters. The summed E-state index contributed by atoms with van der Waals surface area (Å²) in [5.74, 6) is 0. The van der Waals surface area contributed by atoms with Gasteiger partial charge in [-0.25, -0.2) is 0 Å². The fourth-order valence-electron chi connectivity index (χ4n) is 6.06. The van der Waals surface area contributed by atoms with Crippen molar-refractivity contribution in [1.29, 1.82) is 0 Å². The average Bonchev–Trinajstić information content (AvgIpc) is 3.25. The van der Waals surface area contributed by atoms with Crippen molar-refractivity contribution < 1.29 is 35.3 Å². The molecule has 230 valence electrons. The molecule has 2 aliphatic rings. The predicted octanol–water partition coefficient (Wildman–Crippen LogP) is 5.74. The van der Waals surface area contributed by atoms with Crippen LogP contribution < -0.4 is 4.90 Å². The number of anilines is 1. The Balaban J connectivity index is 1.62. The summed E-state index contributed by atoms with van der Waals surface area (Å²) in [4.78, 5) is 12.6. The van der Waals surface area contributed by atoms with Crippen molar-refractivity contribution in [2.45, 2.75) is 74.0 Å². The summed E-state index contributed by atoms with van der Waals surface area (Å²) in [5, 5.41) is 0. The third kappa shape index (κ3) is 6.45. The van der Waals surface area contributed by atoms with E-state index in [0.29, 0.717) is 13.0 Å². The second-order valence-electron chi connectivity index (χ2n) is 12.0. The molecule has 0 bridgehead atoms. The molecule has 2 aromatic rings. The fourth-order valence-corrected chi connectivity index (χ4v) is 7.08. The van der Waals surface area contributed by atoms with Gasteiger partial charge in [-0.2, -0.15) is 21.4 Å². The molecule has 0 amide bonds. The number of allylic oxidation sites excluding steroid dienone is 6. The predicted molar refractivity (Wildman–Crippen MR) is 168 cm³/mol. The standard InChI is InChI=1S/C32H38N2O7S2/c1-31(2)25-21-23(42(36,37)38)15-17-27(25)33(5)29(31)13-9-8-10-14-30-32(3,4)26-22-24(43(39,40)41)16-18-28(26)34(30)19-11-6-7-12-20-35/h8-10,13-18,20-22H,6-7,11-12,19H2,1-5H3,(H-,36,37,38,39,40,41)/p+1. The van der Waals surface area contributed by atoms with E-state index in [1.165, 1.54) is 24.3 Å². The number of hydrogen-bond acceptors (Lipinski definition) is 6. The van der Waals surface area contributed by atoms with Crippen LogP contribution in [0.4, 0.5) is 11.4 Å². The van der Waals surface area contributed by atoms with Crippen LogP contribution in [-0.2, 0) is 35.9 Å². The van der Waals surface area contributed by atoms with Crippen molar-refractivity contribution in [2.24, 2.45) is 0 Å². The summed E-state index contributed by atoms with van der Waals surface area (Å²) in [6.07, 6.45) is 13.7. The Morgan fingerprint density at radius 1 is 0.814 bits per heavy atom. The molecule has 0 aliphatic carbocycles. The number of unbranched alkanes of at least 4 members (excludes halogenated alkanes) is 3. The van der Waals surface area contributed by atoms with Gasteiger partial charge in [0.2, 0.25) is 5.69 Å². The summed E-state index contributed by atoms with van der Waals surface area (Å²) >= 11 is 0. The van der Waals surface area contributed by atoms with Gasteiger partial charge in [-0.05, 0) is 68.7 Å². The summed E-state index contributed by atoms with van der Waals surface area (Å²) in [6, 6.07) is 9.29. The third-order valence-electron chi connectivity index (χ3n) is 8.40. The molecule has 2 aromatic carbocycles. The normalized spacial score (nSPS) is 18.7. The minimum absolute atomic E-state index is 0.137. The van der Waals surface area contributed by atoms with Gasteiger partial charge in [0.15, 0.2) is 5.71 Å². The van der Waals surface area contributed by atoms with E-state index in [1.54, 1.807) is 12.1 Å².